The van der Waals surface area contributed by atoms with Crippen molar-refractivity contribution in [2.45, 2.75) is 42.1 Å². The average Bonchev–Trinajstić information content (AvgIpc) is 3.64. The molecule has 198 valence electrons. The van der Waals surface area contributed by atoms with Gasteiger partial charge in [-0.05, 0) is 37.1 Å². The van der Waals surface area contributed by atoms with Crippen molar-refractivity contribution < 1.29 is 24.2 Å². The first kappa shape index (κ1) is 25.0. The van der Waals surface area contributed by atoms with E-state index in [1.807, 2.05) is 42.5 Å². The number of hydrogen-bond donors (Lipinski definition) is 3. The molecule has 0 saturated carbocycles. The van der Waals surface area contributed by atoms with Crippen molar-refractivity contribution in [1.82, 2.24) is 25.2 Å². The molecule has 3 amide bonds. The number of nitrogens with one attached hydrogen (secondary N) is 2. The quantitative estimate of drug-likeness (QED) is 0.340. The van der Waals surface area contributed by atoms with E-state index in [-0.39, 0.29) is 36.5 Å². The molecular formula is C26H27BrN6O5. The Morgan fingerprint density at radius 3 is 2.68 bits per heavy atom. The lowest BCUT2D eigenvalue weighted by atomic mass is 9.70. The smallest absolute Gasteiger partial charge is 0.247 e. The van der Waals surface area contributed by atoms with Crippen LogP contribution in [-0.4, -0.2) is 78.4 Å². The molecule has 3 aromatic rings. The van der Waals surface area contributed by atoms with E-state index in [1.165, 1.54) is 4.90 Å². The van der Waals surface area contributed by atoms with Gasteiger partial charge in [-0.1, -0.05) is 51.5 Å². The number of halogens is 1. The molecule has 3 saturated heterocycles. The SMILES string of the molecule is O=C(NCn1nnc2ccccc21)C1N(CCCO)C(=O)[C@@H]2[C@H](C(=O)Nc3ccccc3)[C@H]3OC12CC3Br. The number of carbonyl (C=O) groups is 3. The molecule has 3 fully saturated rings. The van der Waals surface area contributed by atoms with E-state index in [9.17, 15) is 19.5 Å². The average molecular weight is 583 g/mol. The van der Waals surface area contributed by atoms with Crippen LogP contribution >= 0.6 is 15.9 Å². The minimum atomic E-state index is -1.17. The highest BCUT2D eigenvalue weighted by Crippen LogP contribution is 2.60. The van der Waals surface area contributed by atoms with Crippen LogP contribution in [0.15, 0.2) is 54.6 Å². The van der Waals surface area contributed by atoms with Crippen molar-refractivity contribution >= 4 is 50.4 Å². The number of anilines is 1. The molecule has 3 unspecified atom stereocenters. The van der Waals surface area contributed by atoms with Gasteiger partial charge in [-0.15, -0.1) is 5.10 Å². The summed E-state index contributed by atoms with van der Waals surface area (Å²) in [5.74, 6) is -2.60. The Labute approximate surface area is 226 Å². The van der Waals surface area contributed by atoms with Crippen LogP contribution < -0.4 is 10.6 Å². The zero-order chi connectivity index (χ0) is 26.4. The van der Waals surface area contributed by atoms with Gasteiger partial charge in [0.15, 0.2) is 0 Å². The van der Waals surface area contributed by atoms with Crippen molar-refractivity contribution in [1.29, 1.82) is 0 Å². The highest BCUT2D eigenvalue weighted by Gasteiger charge is 2.76. The van der Waals surface area contributed by atoms with Crippen LogP contribution in [0.3, 0.4) is 0 Å². The Morgan fingerprint density at radius 2 is 1.89 bits per heavy atom. The number of alkyl halides is 1. The van der Waals surface area contributed by atoms with Gasteiger partial charge in [0.25, 0.3) is 0 Å². The molecule has 3 aliphatic heterocycles. The lowest BCUT2D eigenvalue weighted by Crippen LogP contribution is -2.56. The van der Waals surface area contributed by atoms with E-state index >= 15 is 0 Å². The first-order valence-electron chi connectivity index (χ1n) is 12.6. The van der Waals surface area contributed by atoms with Gasteiger partial charge in [0.05, 0.1) is 23.5 Å². The number of nitrogens with zero attached hydrogens (tertiary/aromatic N) is 4. The van der Waals surface area contributed by atoms with Gasteiger partial charge in [0, 0.05) is 23.7 Å². The van der Waals surface area contributed by atoms with Crippen LogP contribution in [0.25, 0.3) is 11.0 Å². The van der Waals surface area contributed by atoms with Crippen molar-refractivity contribution in [3.05, 3.63) is 54.6 Å². The first-order valence-corrected chi connectivity index (χ1v) is 13.5. The molecule has 6 rings (SSSR count). The second kappa shape index (κ2) is 9.75. The minimum Gasteiger partial charge on any atom is -0.396 e. The third-order valence-electron chi connectivity index (χ3n) is 7.76. The number of carbonyl (C=O) groups excluding carboxylic acids is 3. The summed E-state index contributed by atoms with van der Waals surface area (Å²) < 4.78 is 8.04. The van der Waals surface area contributed by atoms with E-state index in [4.69, 9.17) is 4.74 Å². The summed E-state index contributed by atoms with van der Waals surface area (Å²) in [7, 11) is 0. The van der Waals surface area contributed by atoms with Gasteiger partial charge < -0.3 is 25.4 Å². The van der Waals surface area contributed by atoms with Gasteiger partial charge >= 0.3 is 0 Å². The van der Waals surface area contributed by atoms with Crippen LogP contribution in [0.4, 0.5) is 5.69 Å². The highest BCUT2D eigenvalue weighted by atomic mass is 79.9. The second-order valence-electron chi connectivity index (χ2n) is 9.90. The number of fused-ring (bicyclic) bond motifs is 2. The highest BCUT2D eigenvalue weighted by molar-refractivity contribution is 9.09. The maximum absolute atomic E-state index is 13.8. The van der Waals surface area contributed by atoms with E-state index in [2.05, 4.69) is 36.9 Å². The molecule has 38 heavy (non-hydrogen) atoms. The number of aromatic nitrogens is 3. The number of rotatable bonds is 8. The molecule has 4 heterocycles. The third kappa shape index (κ3) is 3.89. The zero-order valence-corrected chi connectivity index (χ0v) is 22.0. The maximum Gasteiger partial charge on any atom is 0.247 e. The predicted octanol–water partition coefficient (Wildman–Crippen LogP) is 1.27. The lowest BCUT2D eigenvalue weighted by Gasteiger charge is -2.34. The maximum atomic E-state index is 13.8. The number of amides is 3. The van der Waals surface area contributed by atoms with Crippen molar-refractivity contribution in [3.63, 3.8) is 0 Å². The number of likely N-dealkylation sites (tertiary alicyclic amines) is 1. The molecule has 11 nitrogen and oxygen atoms in total. The molecule has 2 bridgehead atoms. The Kier molecular flexibility index (Phi) is 6.40. The normalized spacial score (nSPS) is 29.6. The number of para-hydroxylation sites is 2. The topological polar surface area (TPSA) is 139 Å². The van der Waals surface area contributed by atoms with Crippen molar-refractivity contribution in [2.24, 2.45) is 11.8 Å². The molecule has 0 aliphatic carbocycles. The van der Waals surface area contributed by atoms with Gasteiger partial charge in [0.2, 0.25) is 17.7 Å². The van der Waals surface area contributed by atoms with Crippen molar-refractivity contribution in [3.8, 4) is 0 Å². The molecule has 1 aromatic heterocycles. The summed E-state index contributed by atoms with van der Waals surface area (Å²) in [6.07, 6.45) is 0.152. The van der Waals surface area contributed by atoms with Gasteiger partial charge in [0.1, 0.15) is 23.8 Å². The van der Waals surface area contributed by atoms with Crippen LogP contribution in [0.2, 0.25) is 0 Å². The van der Waals surface area contributed by atoms with Crippen LogP contribution in [-0.2, 0) is 25.8 Å². The molecular weight excluding hydrogens is 556 g/mol. The number of aliphatic hydroxyl groups excluding tert-OH is 1. The molecule has 1 spiro atoms. The predicted molar refractivity (Wildman–Crippen MR) is 140 cm³/mol. The molecule has 6 atom stereocenters. The summed E-state index contributed by atoms with van der Waals surface area (Å²) >= 11 is 3.66. The fraction of sp³-hybridized carbons (Fsp3) is 0.423. The summed E-state index contributed by atoms with van der Waals surface area (Å²) in [4.78, 5) is 42.4. The number of benzene rings is 2. The molecule has 12 heteroatoms. The minimum absolute atomic E-state index is 0.0533. The summed E-state index contributed by atoms with van der Waals surface area (Å²) in [6.45, 7) is 0.0901. The Balaban J connectivity index is 1.29. The largest absolute Gasteiger partial charge is 0.396 e. The van der Waals surface area contributed by atoms with E-state index in [0.717, 1.165) is 5.52 Å². The molecule has 0 radical (unpaired) electrons. The zero-order valence-electron chi connectivity index (χ0n) is 20.4. The molecule has 2 aromatic carbocycles. The van der Waals surface area contributed by atoms with Crippen LogP contribution in [0, 0.1) is 11.8 Å². The Bertz CT molecular complexity index is 1380. The van der Waals surface area contributed by atoms with Crippen molar-refractivity contribution in [2.75, 3.05) is 18.5 Å². The standard InChI is InChI=1S/C26H27BrN6O5/c27-16-13-26-20(19(21(16)38-26)23(35)29-15-7-2-1-3-8-15)25(37)32(11-6-12-34)22(26)24(36)28-14-33-18-10-5-4-9-17(18)30-31-33/h1-5,7-10,16,19-22,34H,6,11-14H2,(H,28,36)(H,29,35)/t16?,19-,20-,21-,22?,26?/m0/s1. The first-order chi connectivity index (χ1) is 18.4. The van der Waals surface area contributed by atoms with Gasteiger partial charge in [-0.25, -0.2) is 4.68 Å². The Hall–Kier alpha value is -3.35. The number of aliphatic hydroxyl groups is 1. The monoisotopic (exact) mass is 582 g/mol. The number of ether oxygens (including phenoxy) is 1. The van der Waals surface area contributed by atoms with Crippen LogP contribution in [0.1, 0.15) is 12.8 Å². The number of hydrogen-bond acceptors (Lipinski definition) is 7. The fourth-order valence-electron chi connectivity index (χ4n) is 6.24. The van der Waals surface area contributed by atoms with Gasteiger partial charge in [-0.3, -0.25) is 14.4 Å². The van der Waals surface area contributed by atoms with E-state index < -0.39 is 35.5 Å². The van der Waals surface area contributed by atoms with E-state index in [1.54, 1.807) is 16.8 Å². The summed E-state index contributed by atoms with van der Waals surface area (Å²) in [6, 6.07) is 15.5. The Morgan fingerprint density at radius 1 is 1.13 bits per heavy atom. The molecule has 3 aliphatic rings. The second-order valence-corrected chi connectivity index (χ2v) is 11.1. The van der Waals surface area contributed by atoms with Gasteiger partial charge in [-0.2, -0.15) is 0 Å². The molecule has 3 N–H and O–H groups in total. The summed E-state index contributed by atoms with van der Waals surface area (Å²) in [5.41, 5.74) is 0.920. The fourth-order valence-corrected chi connectivity index (χ4v) is 7.18. The summed E-state index contributed by atoms with van der Waals surface area (Å²) in [5, 5.41) is 23.5. The van der Waals surface area contributed by atoms with Crippen LogP contribution in [0.5, 0.6) is 0 Å². The lowest BCUT2D eigenvalue weighted by molar-refractivity contribution is -0.141. The van der Waals surface area contributed by atoms with E-state index in [0.29, 0.717) is 24.0 Å². The third-order valence-corrected chi connectivity index (χ3v) is 8.61.